The third kappa shape index (κ3) is 3.87. The molecule has 114 valence electrons. The van der Waals surface area contributed by atoms with Crippen LogP contribution in [0.3, 0.4) is 0 Å². The fourth-order valence-corrected chi connectivity index (χ4v) is 3.57. The average molecular weight is 462 g/mol. The van der Waals surface area contributed by atoms with Gasteiger partial charge in [0.1, 0.15) is 0 Å². The molecule has 0 spiro atoms. The summed E-state index contributed by atoms with van der Waals surface area (Å²) in [5.74, 6) is 0. The van der Waals surface area contributed by atoms with Crippen molar-refractivity contribution in [2.24, 2.45) is 0 Å². The number of benzene rings is 1. The molecule has 3 nitrogen and oxygen atoms in total. The fourth-order valence-electron chi connectivity index (χ4n) is 2.49. The molecule has 2 rings (SSSR count). The molecular weight excluding hydrogens is 441 g/mol. The maximum atomic E-state index is 4.68. The first-order valence-corrected chi connectivity index (χ1v) is 9.14. The zero-order chi connectivity index (χ0) is 15.4. The van der Waals surface area contributed by atoms with E-state index in [-0.39, 0.29) is 0 Å². The topological polar surface area (TPSA) is 29.9 Å². The molecular formula is C16H21BrIN3. The summed E-state index contributed by atoms with van der Waals surface area (Å²) < 4.78 is 4.54. The largest absolute Gasteiger partial charge is 0.313 e. The Morgan fingerprint density at radius 1 is 1.29 bits per heavy atom. The van der Waals surface area contributed by atoms with Crippen LogP contribution in [0, 0.1) is 3.57 Å². The number of nitrogens with zero attached hydrogens (tertiary/aromatic N) is 2. The van der Waals surface area contributed by atoms with E-state index >= 15 is 0 Å². The van der Waals surface area contributed by atoms with E-state index in [9.17, 15) is 0 Å². The van der Waals surface area contributed by atoms with Crippen molar-refractivity contribution in [3.05, 3.63) is 49.3 Å². The molecule has 2 aromatic rings. The average Bonchev–Trinajstić information content (AvgIpc) is 2.81. The Balaban J connectivity index is 2.30. The smallest absolute Gasteiger partial charge is 0.0766 e. The molecule has 1 unspecified atom stereocenters. The second-order valence-corrected chi connectivity index (χ2v) is 7.01. The molecule has 0 saturated heterocycles. The van der Waals surface area contributed by atoms with Gasteiger partial charge in [-0.2, -0.15) is 5.10 Å². The van der Waals surface area contributed by atoms with Crippen LogP contribution in [-0.4, -0.2) is 16.8 Å². The fraction of sp³-hybridized carbons (Fsp3) is 0.438. The number of nitrogens with one attached hydrogen (secondary N) is 1. The van der Waals surface area contributed by atoms with Gasteiger partial charge in [-0.25, -0.2) is 0 Å². The maximum absolute atomic E-state index is 4.68. The summed E-state index contributed by atoms with van der Waals surface area (Å²) in [6, 6.07) is 9.01. The number of hydrogen-bond acceptors (Lipinski definition) is 2. The van der Waals surface area contributed by atoms with Crippen molar-refractivity contribution in [3.63, 3.8) is 0 Å². The predicted molar refractivity (Wildman–Crippen MR) is 99.6 cm³/mol. The predicted octanol–water partition coefficient (Wildman–Crippen LogP) is 4.34. The number of rotatable bonds is 6. The lowest BCUT2D eigenvalue weighted by Gasteiger charge is -2.18. The van der Waals surface area contributed by atoms with Crippen molar-refractivity contribution in [1.29, 1.82) is 0 Å². The minimum Gasteiger partial charge on any atom is -0.313 e. The lowest BCUT2D eigenvalue weighted by atomic mass is 10.0. The van der Waals surface area contributed by atoms with Crippen LogP contribution in [0.25, 0.3) is 0 Å². The Bertz CT molecular complexity index is 592. The van der Waals surface area contributed by atoms with Gasteiger partial charge in [0.25, 0.3) is 0 Å². The molecule has 1 aromatic heterocycles. The number of halogens is 2. The Labute approximate surface area is 148 Å². The van der Waals surface area contributed by atoms with Gasteiger partial charge in [-0.3, -0.25) is 4.68 Å². The highest BCUT2D eigenvalue weighted by molar-refractivity contribution is 14.1. The summed E-state index contributed by atoms with van der Waals surface area (Å²) in [5.41, 5.74) is 3.73. The molecule has 0 bridgehead atoms. The molecule has 0 saturated carbocycles. The second-order valence-electron chi connectivity index (χ2n) is 4.97. The standard InChI is InChI=1S/C16H21BrIN3/c1-4-13-16(17)15(21(5-2)20-13)10-14(19-3)11-6-8-12(18)9-7-11/h6-9,14,19H,4-5,10H2,1-3H3. The number of likely N-dealkylation sites (N-methyl/N-ethyl adjacent to an activating group) is 1. The van der Waals surface area contributed by atoms with Gasteiger partial charge < -0.3 is 5.32 Å². The highest BCUT2D eigenvalue weighted by Crippen LogP contribution is 2.27. The minimum absolute atomic E-state index is 0.296. The van der Waals surface area contributed by atoms with E-state index < -0.39 is 0 Å². The first kappa shape index (κ1) is 17.0. The van der Waals surface area contributed by atoms with Gasteiger partial charge in [0, 0.05) is 22.6 Å². The molecule has 1 atom stereocenters. The normalized spacial score (nSPS) is 12.6. The molecule has 0 radical (unpaired) electrons. The molecule has 5 heteroatoms. The van der Waals surface area contributed by atoms with Gasteiger partial charge in [-0.15, -0.1) is 0 Å². The van der Waals surface area contributed by atoms with Crippen LogP contribution < -0.4 is 5.32 Å². The molecule has 0 fully saturated rings. The van der Waals surface area contributed by atoms with Gasteiger partial charge >= 0.3 is 0 Å². The zero-order valence-corrected chi connectivity index (χ0v) is 16.4. The first-order chi connectivity index (χ1) is 10.1. The first-order valence-electron chi connectivity index (χ1n) is 7.27. The Morgan fingerprint density at radius 3 is 2.48 bits per heavy atom. The molecule has 1 aromatic carbocycles. The summed E-state index contributed by atoms with van der Waals surface area (Å²) in [4.78, 5) is 0. The molecule has 0 aliphatic carbocycles. The molecule has 1 heterocycles. The van der Waals surface area contributed by atoms with Crippen LogP contribution in [0.15, 0.2) is 28.7 Å². The third-order valence-electron chi connectivity index (χ3n) is 3.71. The number of aromatic nitrogens is 2. The monoisotopic (exact) mass is 461 g/mol. The Morgan fingerprint density at radius 2 is 1.95 bits per heavy atom. The van der Waals surface area contributed by atoms with Gasteiger partial charge in [-0.05, 0) is 76.6 Å². The van der Waals surface area contributed by atoms with E-state index in [1.807, 2.05) is 7.05 Å². The van der Waals surface area contributed by atoms with Crippen molar-refractivity contribution in [3.8, 4) is 0 Å². The minimum atomic E-state index is 0.296. The van der Waals surface area contributed by atoms with Gasteiger partial charge in [0.15, 0.2) is 0 Å². The van der Waals surface area contributed by atoms with Crippen LogP contribution in [0.5, 0.6) is 0 Å². The zero-order valence-electron chi connectivity index (χ0n) is 12.7. The molecule has 0 aliphatic rings. The van der Waals surface area contributed by atoms with Crippen LogP contribution in [0.1, 0.15) is 36.8 Å². The summed E-state index contributed by atoms with van der Waals surface area (Å²) in [6.07, 6.45) is 1.88. The molecule has 0 aliphatic heterocycles. The number of aryl methyl sites for hydroxylation is 2. The third-order valence-corrected chi connectivity index (χ3v) is 5.35. The van der Waals surface area contributed by atoms with Crippen LogP contribution in [0.4, 0.5) is 0 Å². The SMILES string of the molecule is CCc1nn(CC)c(CC(NC)c2ccc(I)cc2)c1Br. The molecule has 1 N–H and O–H groups in total. The van der Waals surface area contributed by atoms with E-state index in [0.29, 0.717) is 6.04 Å². The summed E-state index contributed by atoms with van der Waals surface area (Å²) in [6.45, 7) is 5.18. The van der Waals surface area contributed by atoms with E-state index in [0.717, 1.165) is 29.6 Å². The lowest BCUT2D eigenvalue weighted by molar-refractivity contribution is 0.539. The summed E-state index contributed by atoms with van der Waals surface area (Å²) in [7, 11) is 2.02. The lowest BCUT2D eigenvalue weighted by Crippen LogP contribution is -2.20. The maximum Gasteiger partial charge on any atom is 0.0766 e. The number of hydrogen-bond donors (Lipinski definition) is 1. The highest BCUT2D eigenvalue weighted by Gasteiger charge is 2.18. The summed E-state index contributed by atoms with van der Waals surface area (Å²) >= 11 is 6.07. The van der Waals surface area contributed by atoms with Gasteiger partial charge in [0.2, 0.25) is 0 Å². The quantitative estimate of drug-likeness (QED) is 0.648. The van der Waals surface area contributed by atoms with Crippen molar-refractivity contribution < 1.29 is 0 Å². The van der Waals surface area contributed by atoms with Crippen molar-refractivity contribution in [2.45, 2.75) is 39.3 Å². The Hall–Kier alpha value is -0.400. The van der Waals surface area contributed by atoms with E-state index in [1.165, 1.54) is 14.8 Å². The van der Waals surface area contributed by atoms with E-state index in [2.05, 4.69) is 91.7 Å². The van der Waals surface area contributed by atoms with Gasteiger partial charge in [-0.1, -0.05) is 19.1 Å². The highest BCUT2D eigenvalue weighted by atomic mass is 127. The van der Waals surface area contributed by atoms with Crippen LogP contribution in [-0.2, 0) is 19.4 Å². The van der Waals surface area contributed by atoms with E-state index in [1.54, 1.807) is 0 Å². The van der Waals surface area contributed by atoms with Crippen molar-refractivity contribution in [2.75, 3.05) is 7.05 Å². The second kappa shape index (κ2) is 7.74. The molecule has 21 heavy (non-hydrogen) atoms. The van der Waals surface area contributed by atoms with Crippen LogP contribution >= 0.6 is 38.5 Å². The Kier molecular flexibility index (Phi) is 6.25. The van der Waals surface area contributed by atoms with Crippen molar-refractivity contribution in [1.82, 2.24) is 15.1 Å². The molecule has 0 amide bonds. The van der Waals surface area contributed by atoms with Gasteiger partial charge in [0.05, 0.1) is 15.9 Å². The van der Waals surface area contributed by atoms with Crippen LogP contribution in [0.2, 0.25) is 0 Å². The summed E-state index contributed by atoms with van der Waals surface area (Å²) in [5, 5.41) is 8.11. The van der Waals surface area contributed by atoms with E-state index in [4.69, 9.17) is 0 Å². The van der Waals surface area contributed by atoms with Crippen molar-refractivity contribution >= 4 is 38.5 Å².